The second kappa shape index (κ2) is 10.9. The molecule has 1 heterocycles. The minimum atomic E-state index is -3.33. The van der Waals surface area contributed by atoms with E-state index in [-0.39, 0.29) is 12.6 Å². The second-order valence-electron chi connectivity index (χ2n) is 9.52. The van der Waals surface area contributed by atoms with Crippen molar-refractivity contribution in [1.82, 2.24) is 4.72 Å². The first kappa shape index (κ1) is 27.3. The lowest BCUT2D eigenvalue weighted by atomic mass is 9.77. The van der Waals surface area contributed by atoms with Gasteiger partial charge in [0.25, 0.3) is 0 Å². The van der Waals surface area contributed by atoms with Crippen molar-refractivity contribution >= 4 is 33.2 Å². The van der Waals surface area contributed by atoms with Gasteiger partial charge >= 0.3 is 0 Å². The van der Waals surface area contributed by atoms with E-state index in [0.29, 0.717) is 41.0 Å². The number of nitriles is 1. The van der Waals surface area contributed by atoms with E-state index in [1.165, 1.54) is 6.26 Å². The van der Waals surface area contributed by atoms with Crippen LogP contribution in [0.5, 0.6) is 11.5 Å². The van der Waals surface area contributed by atoms with E-state index < -0.39 is 15.4 Å². The van der Waals surface area contributed by atoms with Crippen LogP contribution in [-0.4, -0.2) is 33.8 Å². The highest BCUT2D eigenvalue weighted by Gasteiger charge is 2.27. The standard InChI is InChI=1S/C28H28Cl2N2O4S/c1-28(2,22-14-20(17-31)27(24(30)16-22)36-13-11-29)21-7-4-18(5-8-21)19-6-9-23-25(32-37(3,33)34)10-12-35-26(23)15-19/h4-9,14-16,25,32H,10-13H2,1-3H3. The maximum atomic E-state index is 11.7. The van der Waals surface area contributed by atoms with Crippen LogP contribution >= 0.6 is 23.2 Å². The summed E-state index contributed by atoms with van der Waals surface area (Å²) in [6, 6.07) is 19.6. The molecule has 4 rings (SSSR count). The topological polar surface area (TPSA) is 88.4 Å². The third-order valence-corrected chi connectivity index (χ3v) is 7.71. The van der Waals surface area contributed by atoms with E-state index in [2.05, 4.69) is 36.8 Å². The monoisotopic (exact) mass is 558 g/mol. The molecule has 0 saturated heterocycles. The molecule has 0 saturated carbocycles. The fourth-order valence-corrected chi connectivity index (χ4v) is 5.63. The SMILES string of the molecule is CC(C)(c1ccc(-c2ccc3c(c2)OCCC3NS(C)(=O)=O)cc1)c1cc(Cl)c(OCCCl)c(C#N)c1. The van der Waals surface area contributed by atoms with Crippen molar-refractivity contribution in [1.29, 1.82) is 5.26 Å². The number of hydrogen-bond acceptors (Lipinski definition) is 5. The highest BCUT2D eigenvalue weighted by molar-refractivity contribution is 7.88. The fraction of sp³-hybridized carbons (Fsp3) is 0.321. The number of rotatable bonds is 8. The molecule has 0 bridgehead atoms. The lowest BCUT2D eigenvalue weighted by Crippen LogP contribution is -2.31. The Bertz CT molecular complexity index is 1450. The van der Waals surface area contributed by atoms with Crippen LogP contribution in [-0.2, 0) is 15.4 Å². The molecule has 3 aromatic rings. The Morgan fingerprint density at radius 2 is 1.81 bits per heavy atom. The summed E-state index contributed by atoms with van der Waals surface area (Å²) >= 11 is 12.2. The fourth-order valence-electron chi connectivity index (χ4n) is 4.52. The van der Waals surface area contributed by atoms with E-state index >= 15 is 0 Å². The van der Waals surface area contributed by atoms with E-state index in [9.17, 15) is 13.7 Å². The van der Waals surface area contributed by atoms with E-state index in [1.807, 2.05) is 42.5 Å². The number of halogens is 2. The van der Waals surface area contributed by atoms with E-state index in [4.69, 9.17) is 32.7 Å². The molecule has 0 spiro atoms. The number of alkyl halides is 1. The largest absolute Gasteiger partial charge is 0.493 e. The van der Waals surface area contributed by atoms with E-state index in [1.54, 1.807) is 0 Å². The minimum Gasteiger partial charge on any atom is -0.493 e. The number of benzene rings is 3. The van der Waals surface area contributed by atoms with Crippen LogP contribution in [0.25, 0.3) is 11.1 Å². The average Bonchev–Trinajstić information content (AvgIpc) is 2.86. The van der Waals surface area contributed by atoms with Crippen molar-refractivity contribution in [3.8, 4) is 28.7 Å². The van der Waals surface area contributed by atoms with Gasteiger partial charge in [-0.1, -0.05) is 61.8 Å². The summed E-state index contributed by atoms with van der Waals surface area (Å²) < 4.78 is 37.6. The highest BCUT2D eigenvalue weighted by atomic mass is 35.5. The molecule has 1 unspecified atom stereocenters. The van der Waals surface area contributed by atoms with Crippen LogP contribution in [0.1, 0.15) is 48.6 Å². The molecule has 9 heteroatoms. The van der Waals surface area contributed by atoms with Crippen molar-refractivity contribution < 1.29 is 17.9 Å². The number of hydrogen-bond donors (Lipinski definition) is 1. The Balaban J connectivity index is 1.61. The second-order valence-corrected chi connectivity index (χ2v) is 12.1. The molecule has 0 fully saturated rings. The van der Waals surface area contributed by atoms with Gasteiger partial charge in [-0.25, -0.2) is 13.1 Å². The first-order valence-electron chi connectivity index (χ1n) is 11.8. The van der Waals surface area contributed by atoms with Crippen molar-refractivity contribution in [2.75, 3.05) is 25.3 Å². The van der Waals surface area contributed by atoms with Crippen molar-refractivity contribution in [2.24, 2.45) is 0 Å². The molecular weight excluding hydrogens is 531 g/mol. The number of sulfonamides is 1. The zero-order valence-electron chi connectivity index (χ0n) is 20.8. The Labute approximate surface area is 228 Å². The number of nitrogens with zero attached hydrogens (tertiary/aromatic N) is 1. The van der Waals surface area contributed by atoms with Crippen molar-refractivity contribution in [2.45, 2.75) is 31.7 Å². The summed E-state index contributed by atoms with van der Waals surface area (Å²) in [5, 5.41) is 10.0. The molecule has 0 radical (unpaired) electrons. The van der Waals surface area contributed by atoms with Crippen LogP contribution < -0.4 is 14.2 Å². The average molecular weight is 560 g/mol. The highest BCUT2D eigenvalue weighted by Crippen LogP contribution is 2.40. The van der Waals surface area contributed by atoms with Crippen LogP contribution in [0, 0.1) is 11.3 Å². The third-order valence-electron chi connectivity index (χ3n) is 6.56. The van der Waals surface area contributed by atoms with Gasteiger partial charge in [0, 0.05) is 17.4 Å². The Morgan fingerprint density at radius 1 is 1.11 bits per heavy atom. The third kappa shape index (κ3) is 6.05. The quantitative estimate of drug-likeness (QED) is 0.333. The van der Waals surface area contributed by atoms with Crippen LogP contribution in [0.15, 0.2) is 54.6 Å². The summed E-state index contributed by atoms with van der Waals surface area (Å²) in [5.74, 6) is 1.34. The van der Waals surface area contributed by atoms with Crippen LogP contribution in [0.3, 0.4) is 0 Å². The van der Waals surface area contributed by atoms with Crippen LogP contribution in [0.4, 0.5) is 0 Å². The van der Waals surface area contributed by atoms with Gasteiger partial charge in [0.1, 0.15) is 18.4 Å². The van der Waals surface area contributed by atoms with Gasteiger partial charge in [0.05, 0.1) is 35.4 Å². The van der Waals surface area contributed by atoms with Crippen molar-refractivity contribution in [3.05, 3.63) is 81.9 Å². The number of nitrogens with one attached hydrogen (secondary N) is 1. The molecule has 1 atom stereocenters. The molecule has 0 aromatic heterocycles. The molecule has 1 N–H and O–H groups in total. The first-order chi connectivity index (χ1) is 17.5. The zero-order valence-corrected chi connectivity index (χ0v) is 23.2. The summed E-state index contributed by atoms with van der Waals surface area (Å²) in [6.07, 6.45) is 1.75. The predicted octanol–water partition coefficient (Wildman–Crippen LogP) is 6.19. The lowest BCUT2D eigenvalue weighted by Gasteiger charge is -2.28. The molecule has 0 amide bonds. The molecule has 1 aliphatic rings. The molecule has 6 nitrogen and oxygen atoms in total. The molecule has 1 aliphatic heterocycles. The molecule has 37 heavy (non-hydrogen) atoms. The van der Waals surface area contributed by atoms with Crippen LogP contribution in [0.2, 0.25) is 5.02 Å². The Morgan fingerprint density at radius 3 is 2.46 bits per heavy atom. The zero-order chi connectivity index (χ0) is 26.8. The first-order valence-corrected chi connectivity index (χ1v) is 14.6. The Hall–Kier alpha value is -2.76. The number of fused-ring (bicyclic) bond motifs is 1. The molecule has 0 aliphatic carbocycles. The van der Waals surface area contributed by atoms with Gasteiger partial charge in [-0.05, 0) is 40.5 Å². The summed E-state index contributed by atoms with van der Waals surface area (Å²) in [4.78, 5) is 0. The maximum absolute atomic E-state index is 11.7. The predicted molar refractivity (Wildman–Crippen MR) is 147 cm³/mol. The van der Waals surface area contributed by atoms with Gasteiger partial charge in [0.15, 0.2) is 5.75 Å². The number of ether oxygens (including phenoxy) is 2. The summed E-state index contributed by atoms with van der Waals surface area (Å²) in [5.41, 5.74) is 4.70. The molecule has 3 aromatic carbocycles. The smallest absolute Gasteiger partial charge is 0.209 e. The van der Waals surface area contributed by atoms with Crippen molar-refractivity contribution in [3.63, 3.8) is 0 Å². The Kier molecular flexibility index (Phi) is 8.05. The lowest BCUT2D eigenvalue weighted by molar-refractivity contribution is 0.263. The van der Waals surface area contributed by atoms with Gasteiger partial charge < -0.3 is 9.47 Å². The normalized spacial score (nSPS) is 15.4. The van der Waals surface area contributed by atoms with Gasteiger partial charge in [0.2, 0.25) is 10.0 Å². The summed E-state index contributed by atoms with van der Waals surface area (Å²) in [6.45, 7) is 4.87. The molecular formula is C28H28Cl2N2O4S. The molecule has 194 valence electrons. The van der Waals surface area contributed by atoms with Gasteiger partial charge in [-0.15, -0.1) is 11.6 Å². The van der Waals surface area contributed by atoms with Gasteiger partial charge in [-0.3, -0.25) is 0 Å². The van der Waals surface area contributed by atoms with Gasteiger partial charge in [-0.2, -0.15) is 5.26 Å². The van der Waals surface area contributed by atoms with E-state index in [0.717, 1.165) is 27.8 Å². The minimum absolute atomic E-state index is 0.267. The maximum Gasteiger partial charge on any atom is 0.209 e. The summed E-state index contributed by atoms with van der Waals surface area (Å²) in [7, 11) is -3.33.